The van der Waals surface area contributed by atoms with Crippen molar-refractivity contribution in [3.05, 3.63) is 59.2 Å². The maximum atomic E-state index is 12.5. The van der Waals surface area contributed by atoms with E-state index >= 15 is 0 Å². The summed E-state index contributed by atoms with van der Waals surface area (Å²) in [5.41, 5.74) is 1.60. The molecule has 3 aromatic rings. The molecule has 3 rings (SSSR count). The van der Waals surface area contributed by atoms with Crippen LogP contribution < -0.4 is 9.46 Å². The van der Waals surface area contributed by atoms with Gasteiger partial charge in [-0.1, -0.05) is 12.1 Å². The van der Waals surface area contributed by atoms with Crippen LogP contribution in [0.4, 0.5) is 13.2 Å². The van der Waals surface area contributed by atoms with E-state index in [9.17, 15) is 21.6 Å². The highest BCUT2D eigenvalue weighted by Gasteiger charge is 2.34. The van der Waals surface area contributed by atoms with Gasteiger partial charge in [0.1, 0.15) is 10.6 Å². The quantitative estimate of drug-likeness (QED) is 0.666. The normalized spacial score (nSPS) is 12.1. The fourth-order valence-electron chi connectivity index (χ4n) is 2.26. The molecule has 0 bridgehead atoms. The molecule has 11 heteroatoms. The highest BCUT2D eigenvalue weighted by Crippen LogP contribution is 2.29. The molecule has 0 unspecified atom stereocenters. The third-order valence-corrected chi connectivity index (χ3v) is 5.49. The van der Waals surface area contributed by atoms with Gasteiger partial charge in [-0.3, -0.25) is 9.97 Å². The number of benzene rings is 1. The monoisotopic (exact) mass is 415 g/mol. The molecule has 0 aliphatic rings. The summed E-state index contributed by atoms with van der Waals surface area (Å²) < 4.78 is 68.6. The Kier molecular flexibility index (Phi) is 5.44. The van der Waals surface area contributed by atoms with Gasteiger partial charge in [-0.05, 0) is 23.6 Å². The molecule has 2 heterocycles. The van der Waals surface area contributed by atoms with Gasteiger partial charge in [0.25, 0.3) is 0 Å². The molecule has 27 heavy (non-hydrogen) atoms. The minimum absolute atomic E-state index is 0.248. The number of para-hydroxylation sites is 1. The first-order valence-corrected chi connectivity index (χ1v) is 9.86. The Morgan fingerprint density at radius 3 is 2.56 bits per heavy atom. The average Bonchev–Trinajstić information content (AvgIpc) is 3.14. The lowest BCUT2D eigenvalue weighted by molar-refractivity contribution is -0.275. The average molecular weight is 415 g/mol. The zero-order chi connectivity index (χ0) is 19.5. The number of halogens is 3. The summed E-state index contributed by atoms with van der Waals surface area (Å²) in [6.45, 7) is -0.248. The second-order valence-corrected chi connectivity index (χ2v) is 7.70. The van der Waals surface area contributed by atoms with Gasteiger partial charge in [-0.15, -0.1) is 13.2 Å². The van der Waals surface area contributed by atoms with Crippen LogP contribution in [0.5, 0.6) is 5.75 Å². The maximum absolute atomic E-state index is 12.5. The van der Waals surface area contributed by atoms with Crippen LogP contribution >= 0.6 is 11.3 Å². The number of nitrogens with zero attached hydrogens (tertiary/aromatic N) is 2. The summed E-state index contributed by atoms with van der Waals surface area (Å²) in [4.78, 5) is 7.69. The second kappa shape index (κ2) is 7.62. The standard InChI is InChI=1S/C16H12F3N3O3S2/c17-16(18,19)25-13-3-1-2-4-14(13)27(23,24)22-9-12-15(21-7-6-20-12)11-5-8-26-10-11/h1-8,10,22H,9H2. The van der Waals surface area contributed by atoms with E-state index in [1.807, 2.05) is 10.8 Å². The minimum atomic E-state index is -5.01. The Bertz CT molecular complexity index is 1020. The number of hydrogen-bond donors (Lipinski definition) is 1. The van der Waals surface area contributed by atoms with E-state index in [1.165, 1.54) is 35.9 Å². The van der Waals surface area contributed by atoms with E-state index in [-0.39, 0.29) is 6.54 Å². The van der Waals surface area contributed by atoms with Crippen LogP contribution in [-0.2, 0) is 16.6 Å². The Morgan fingerprint density at radius 1 is 1.11 bits per heavy atom. The van der Waals surface area contributed by atoms with Crippen LogP contribution in [0.2, 0.25) is 0 Å². The fourth-order valence-corrected chi connectivity index (χ4v) is 4.01. The number of ether oxygens (including phenoxy) is 1. The van der Waals surface area contributed by atoms with Crippen molar-refractivity contribution in [2.75, 3.05) is 0 Å². The molecule has 1 aromatic carbocycles. The number of nitrogens with one attached hydrogen (secondary N) is 1. The van der Waals surface area contributed by atoms with Gasteiger partial charge in [-0.2, -0.15) is 11.3 Å². The van der Waals surface area contributed by atoms with Crippen molar-refractivity contribution in [2.24, 2.45) is 0 Å². The van der Waals surface area contributed by atoms with Crippen molar-refractivity contribution >= 4 is 21.4 Å². The number of aromatic nitrogens is 2. The third-order valence-electron chi connectivity index (χ3n) is 3.36. The summed E-state index contributed by atoms with van der Waals surface area (Å²) in [7, 11) is -4.29. The lowest BCUT2D eigenvalue weighted by Gasteiger charge is -2.14. The Morgan fingerprint density at radius 2 is 1.85 bits per heavy atom. The third kappa shape index (κ3) is 4.81. The summed E-state index contributed by atoms with van der Waals surface area (Å²) in [6.07, 6.45) is -2.14. The summed E-state index contributed by atoms with van der Waals surface area (Å²) in [5.74, 6) is -0.810. The van der Waals surface area contributed by atoms with Gasteiger partial charge in [0, 0.05) is 23.3 Å². The van der Waals surface area contributed by atoms with Crippen molar-refractivity contribution in [2.45, 2.75) is 17.8 Å². The van der Waals surface area contributed by atoms with E-state index in [1.54, 1.807) is 6.07 Å². The van der Waals surface area contributed by atoms with Crippen LogP contribution in [0.15, 0.2) is 58.4 Å². The molecule has 6 nitrogen and oxygen atoms in total. The van der Waals surface area contributed by atoms with Crippen molar-refractivity contribution in [3.63, 3.8) is 0 Å². The van der Waals surface area contributed by atoms with E-state index in [0.29, 0.717) is 11.4 Å². The Balaban J connectivity index is 1.86. The van der Waals surface area contributed by atoms with Gasteiger partial charge >= 0.3 is 6.36 Å². The largest absolute Gasteiger partial charge is 0.573 e. The zero-order valence-electron chi connectivity index (χ0n) is 13.5. The lowest BCUT2D eigenvalue weighted by Crippen LogP contribution is -2.26. The first-order valence-electron chi connectivity index (χ1n) is 7.43. The van der Waals surface area contributed by atoms with E-state index in [0.717, 1.165) is 17.7 Å². The predicted molar refractivity (Wildman–Crippen MR) is 92.5 cm³/mol. The maximum Gasteiger partial charge on any atom is 0.573 e. The first-order chi connectivity index (χ1) is 12.8. The number of sulfonamides is 1. The molecule has 1 N–H and O–H groups in total. The number of thiophene rings is 1. The van der Waals surface area contributed by atoms with E-state index in [2.05, 4.69) is 19.4 Å². The highest BCUT2D eigenvalue weighted by atomic mass is 32.2. The molecule has 0 saturated heterocycles. The summed E-state index contributed by atoms with van der Waals surface area (Å²) >= 11 is 1.44. The van der Waals surface area contributed by atoms with E-state index in [4.69, 9.17) is 0 Å². The topological polar surface area (TPSA) is 81.2 Å². The molecule has 0 aliphatic carbocycles. The van der Waals surface area contributed by atoms with Crippen LogP contribution in [0.25, 0.3) is 11.3 Å². The van der Waals surface area contributed by atoms with Crippen molar-refractivity contribution in [3.8, 4) is 17.0 Å². The predicted octanol–water partition coefficient (Wildman–Crippen LogP) is 3.58. The second-order valence-electron chi connectivity index (χ2n) is 5.18. The van der Waals surface area contributed by atoms with Gasteiger partial charge < -0.3 is 4.74 Å². The SMILES string of the molecule is O=S(=O)(NCc1nccnc1-c1ccsc1)c1ccccc1OC(F)(F)F. The van der Waals surface area contributed by atoms with Gasteiger partial charge in [0.2, 0.25) is 10.0 Å². The fraction of sp³-hybridized carbons (Fsp3) is 0.125. The van der Waals surface area contributed by atoms with Crippen molar-refractivity contribution in [1.82, 2.24) is 14.7 Å². The molecule has 2 aromatic heterocycles. The number of hydrogen-bond acceptors (Lipinski definition) is 6. The summed E-state index contributed by atoms with van der Waals surface area (Å²) in [5, 5.41) is 3.66. The zero-order valence-corrected chi connectivity index (χ0v) is 15.1. The van der Waals surface area contributed by atoms with E-state index < -0.39 is 27.0 Å². The molecule has 0 amide bonds. The molecule has 0 saturated carbocycles. The lowest BCUT2D eigenvalue weighted by atomic mass is 10.2. The van der Waals surface area contributed by atoms with Crippen LogP contribution in [0.1, 0.15) is 5.69 Å². The molecule has 0 atom stereocenters. The van der Waals surface area contributed by atoms with Gasteiger partial charge in [0.15, 0.2) is 0 Å². The van der Waals surface area contributed by atoms with Crippen LogP contribution in [0.3, 0.4) is 0 Å². The molecular formula is C16H12F3N3O3S2. The van der Waals surface area contributed by atoms with Crippen LogP contribution in [0, 0.1) is 0 Å². The molecule has 142 valence electrons. The van der Waals surface area contributed by atoms with Gasteiger partial charge in [-0.25, -0.2) is 13.1 Å². The highest BCUT2D eigenvalue weighted by molar-refractivity contribution is 7.89. The van der Waals surface area contributed by atoms with Gasteiger partial charge in [0.05, 0.1) is 17.9 Å². The molecular weight excluding hydrogens is 403 g/mol. The molecule has 0 spiro atoms. The molecule has 0 radical (unpaired) electrons. The number of rotatable bonds is 6. The Labute approximate surface area is 156 Å². The van der Waals surface area contributed by atoms with Crippen LogP contribution in [-0.4, -0.2) is 24.7 Å². The Hall–Kier alpha value is -2.50. The first kappa shape index (κ1) is 19.3. The number of alkyl halides is 3. The minimum Gasteiger partial charge on any atom is -0.404 e. The summed E-state index contributed by atoms with van der Waals surface area (Å²) in [6, 6.07) is 6.31. The molecule has 0 fully saturated rings. The smallest absolute Gasteiger partial charge is 0.404 e. The van der Waals surface area contributed by atoms with Crippen molar-refractivity contribution < 1.29 is 26.3 Å². The van der Waals surface area contributed by atoms with Crippen molar-refractivity contribution in [1.29, 1.82) is 0 Å². The molecule has 0 aliphatic heterocycles.